The van der Waals surface area contributed by atoms with Crippen molar-refractivity contribution in [2.75, 3.05) is 7.11 Å². The monoisotopic (exact) mass is 550 g/mol. The number of benzene rings is 1. The Labute approximate surface area is 217 Å². The Morgan fingerprint density at radius 2 is 1.86 bits per heavy atom. The largest absolute Gasteiger partial charge is 0.497 e. The molecule has 0 bridgehead atoms. The number of halogens is 1. The van der Waals surface area contributed by atoms with E-state index >= 15 is 0 Å². The molecule has 0 spiro atoms. The lowest BCUT2D eigenvalue weighted by Crippen LogP contribution is -2.23. The zero-order valence-electron chi connectivity index (χ0n) is 20.7. The van der Waals surface area contributed by atoms with Crippen LogP contribution in [0.1, 0.15) is 36.5 Å². The Morgan fingerprint density at radius 3 is 2.58 bits per heavy atom. The predicted octanol–water partition coefficient (Wildman–Crippen LogP) is 4.88. The molecule has 0 aliphatic heterocycles. The molecule has 186 valence electrons. The minimum Gasteiger partial charge on any atom is -0.497 e. The van der Waals surface area contributed by atoms with E-state index < -0.39 is 5.60 Å². The van der Waals surface area contributed by atoms with Gasteiger partial charge >= 0.3 is 0 Å². The van der Waals surface area contributed by atoms with Crippen LogP contribution in [-0.4, -0.2) is 31.7 Å². The molecule has 1 N–H and O–H groups in total. The summed E-state index contributed by atoms with van der Waals surface area (Å²) in [7, 11) is 1.61. The average Bonchev–Trinajstić information content (AvgIpc) is 2.86. The Morgan fingerprint density at radius 1 is 1.08 bits per heavy atom. The lowest BCUT2D eigenvalue weighted by Gasteiger charge is -2.18. The maximum atomic E-state index is 13.4. The number of pyridine rings is 2. The summed E-state index contributed by atoms with van der Waals surface area (Å²) in [5.74, 6) is 1.48. The standard InChI is InChI=1S/C27H27BrN4O4/c1-16-14-30-21(20-9-10-29-26(31-20)27(3,4)34)13-22(16)32-17(2)11-23(24(28)25(32)33)36-15-18-7-6-8-19(12-18)35-5/h6-14,34H,15H2,1-5H3. The molecule has 4 aromatic rings. The van der Waals surface area contributed by atoms with E-state index in [0.29, 0.717) is 33.0 Å². The van der Waals surface area contributed by atoms with Gasteiger partial charge in [0.05, 0.1) is 24.2 Å². The summed E-state index contributed by atoms with van der Waals surface area (Å²) in [4.78, 5) is 26.6. The third-order valence-corrected chi connectivity index (χ3v) is 6.34. The van der Waals surface area contributed by atoms with Crippen LogP contribution in [0, 0.1) is 13.8 Å². The van der Waals surface area contributed by atoms with Gasteiger partial charge in [-0.15, -0.1) is 0 Å². The SMILES string of the molecule is COc1cccc(COc2cc(C)n(-c3cc(-c4ccnc(C(C)(C)O)n4)ncc3C)c(=O)c2Br)c1. The number of ether oxygens (including phenoxy) is 2. The highest BCUT2D eigenvalue weighted by Gasteiger charge is 2.21. The number of rotatable bonds is 7. The van der Waals surface area contributed by atoms with E-state index in [-0.39, 0.29) is 18.0 Å². The average molecular weight is 551 g/mol. The molecular formula is C27H27BrN4O4. The van der Waals surface area contributed by atoms with Crippen LogP contribution in [0.4, 0.5) is 0 Å². The van der Waals surface area contributed by atoms with Crippen molar-refractivity contribution in [2.45, 2.75) is 39.9 Å². The lowest BCUT2D eigenvalue weighted by atomic mass is 10.1. The quantitative estimate of drug-likeness (QED) is 0.350. The first-order chi connectivity index (χ1) is 17.1. The fraction of sp³-hybridized carbons (Fsp3) is 0.259. The highest BCUT2D eigenvalue weighted by atomic mass is 79.9. The second-order valence-corrected chi connectivity index (χ2v) is 9.72. The van der Waals surface area contributed by atoms with Crippen molar-refractivity contribution in [2.24, 2.45) is 0 Å². The van der Waals surface area contributed by atoms with Crippen molar-refractivity contribution in [1.29, 1.82) is 0 Å². The van der Waals surface area contributed by atoms with E-state index in [2.05, 4.69) is 30.9 Å². The van der Waals surface area contributed by atoms with E-state index in [0.717, 1.165) is 16.9 Å². The van der Waals surface area contributed by atoms with Crippen LogP contribution >= 0.6 is 15.9 Å². The fourth-order valence-electron chi connectivity index (χ4n) is 3.70. The Hall–Kier alpha value is -3.56. The molecule has 0 atom stereocenters. The van der Waals surface area contributed by atoms with Crippen molar-refractivity contribution >= 4 is 15.9 Å². The third kappa shape index (κ3) is 5.32. The highest BCUT2D eigenvalue weighted by Crippen LogP contribution is 2.28. The van der Waals surface area contributed by atoms with Gasteiger partial charge in [-0.1, -0.05) is 12.1 Å². The molecule has 3 heterocycles. The molecule has 0 aliphatic carbocycles. The maximum absolute atomic E-state index is 13.4. The molecule has 0 saturated heterocycles. The molecule has 36 heavy (non-hydrogen) atoms. The Kier molecular flexibility index (Phi) is 7.23. The molecule has 3 aromatic heterocycles. The summed E-state index contributed by atoms with van der Waals surface area (Å²) in [5, 5.41) is 10.3. The van der Waals surface area contributed by atoms with Crippen molar-refractivity contribution in [3.63, 3.8) is 0 Å². The second-order valence-electron chi connectivity index (χ2n) is 8.93. The van der Waals surface area contributed by atoms with E-state index in [1.807, 2.05) is 50.2 Å². The predicted molar refractivity (Wildman–Crippen MR) is 141 cm³/mol. The van der Waals surface area contributed by atoms with Crippen LogP contribution in [-0.2, 0) is 12.2 Å². The van der Waals surface area contributed by atoms with Crippen molar-refractivity contribution in [1.82, 2.24) is 19.5 Å². The highest BCUT2D eigenvalue weighted by molar-refractivity contribution is 9.10. The van der Waals surface area contributed by atoms with Crippen molar-refractivity contribution < 1.29 is 14.6 Å². The van der Waals surface area contributed by atoms with E-state index in [1.165, 1.54) is 0 Å². The molecule has 8 nitrogen and oxygen atoms in total. The van der Waals surface area contributed by atoms with Gasteiger partial charge in [-0.2, -0.15) is 0 Å². The number of aromatic nitrogens is 4. The molecule has 9 heteroatoms. The minimum atomic E-state index is -1.19. The molecule has 4 rings (SSSR count). The van der Waals surface area contributed by atoms with E-state index in [4.69, 9.17) is 9.47 Å². The number of hydrogen-bond acceptors (Lipinski definition) is 7. The molecule has 1 aromatic carbocycles. The molecule has 0 unspecified atom stereocenters. The van der Waals surface area contributed by atoms with Crippen LogP contribution in [0.25, 0.3) is 17.1 Å². The van der Waals surface area contributed by atoms with Gasteiger partial charge in [0.25, 0.3) is 5.56 Å². The smallest absolute Gasteiger partial charge is 0.273 e. The van der Waals surface area contributed by atoms with Gasteiger partial charge < -0.3 is 14.6 Å². The number of nitrogens with zero attached hydrogens (tertiary/aromatic N) is 4. The normalized spacial score (nSPS) is 11.4. The van der Waals surface area contributed by atoms with Gasteiger partial charge in [0.15, 0.2) is 5.82 Å². The zero-order valence-corrected chi connectivity index (χ0v) is 22.3. The lowest BCUT2D eigenvalue weighted by molar-refractivity contribution is 0.0688. The molecule has 0 fully saturated rings. The summed E-state index contributed by atoms with van der Waals surface area (Å²) >= 11 is 3.44. The van der Waals surface area contributed by atoms with Crippen LogP contribution in [0.2, 0.25) is 0 Å². The number of aryl methyl sites for hydroxylation is 2. The fourth-order valence-corrected chi connectivity index (χ4v) is 4.11. The van der Waals surface area contributed by atoms with Crippen LogP contribution < -0.4 is 15.0 Å². The first-order valence-corrected chi connectivity index (χ1v) is 12.1. The van der Waals surface area contributed by atoms with Gasteiger partial charge in [-0.3, -0.25) is 14.3 Å². The molecule has 0 aliphatic rings. The molecular weight excluding hydrogens is 524 g/mol. The minimum absolute atomic E-state index is 0.254. The summed E-state index contributed by atoms with van der Waals surface area (Å²) < 4.78 is 13.2. The molecule has 0 radical (unpaired) electrons. The van der Waals surface area contributed by atoms with Gasteiger partial charge in [-0.05, 0) is 79.0 Å². The van der Waals surface area contributed by atoms with Crippen molar-refractivity contribution in [3.8, 4) is 28.6 Å². The van der Waals surface area contributed by atoms with Crippen LogP contribution in [0.3, 0.4) is 0 Å². The maximum Gasteiger partial charge on any atom is 0.273 e. The summed E-state index contributed by atoms with van der Waals surface area (Å²) in [6, 6.07) is 12.9. The van der Waals surface area contributed by atoms with E-state index in [9.17, 15) is 9.90 Å². The van der Waals surface area contributed by atoms with Gasteiger partial charge in [0.1, 0.15) is 28.2 Å². The van der Waals surface area contributed by atoms with Gasteiger partial charge in [0, 0.05) is 24.2 Å². The van der Waals surface area contributed by atoms with Gasteiger partial charge in [-0.25, -0.2) is 9.97 Å². The second kappa shape index (κ2) is 10.2. The van der Waals surface area contributed by atoms with E-state index in [1.54, 1.807) is 44.0 Å². The van der Waals surface area contributed by atoms with Crippen LogP contribution in [0.15, 0.2) is 64.1 Å². The molecule has 0 saturated carbocycles. The Bertz CT molecular complexity index is 1480. The number of methoxy groups -OCH3 is 1. The summed E-state index contributed by atoms with van der Waals surface area (Å²) in [6.07, 6.45) is 3.28. The number of aliphatic hydroxyl groups is 1. The Balaban J connectivity index is 1.71. The topological polar surface area (TPSA) is 99.4 Å². The first-order valence-electron chi connectivity index (χ1n) is 11.3. The van der Waals surface area contributed by atoms with Gasteiger partial charge in [0.2, 0.25) is 0 Å². The number of hydrogen-bond donors (Lipinski definition) is 1. The van der Waals surface area contributed by atoms with Crippen molar-refractivity contribution in [3.05, 3.63) is 92.3 Å². The first kappa shape index (κ1) is 25.5. The van der Waals surface area contributed by atoms with Crippen LogP contribution in [0.5, 0.6) is 11.5 Å². The zero-order chi connectivity index (χ0) is 26.0. The summed E-state index contributed by atoms with van der Waals surface area (Å²) in [5.41, 5.74) is 2.77. The molecule has 0 amide bonds. The third-order valence-electron chi connectivity index (χ3n) is 5.61. The summed E-state index contributed by atoms with van der Waals surface area (Å²) in [6.45, 7) is 7.27.